The first-order valence-electron chi connectivity index (χ1n) is 3.44. The van der Waals surface area contributed by atoms with E-state index in [1.807, 2.05) is 0 Å². The molecular formula is C8H9FN2O. The number of amides is 1. The third kappa shape index (κ3) is 1.78. The molecule has 4 heteroatoms. The molecule has 0 fully saturated rings. The van der Waals surface area contributed by atoms with Gasteiger partial charge in [0.15, 0.2) is 0 Å². The molecule has 0 aliphatic rings. The fraction of sp³-hybridized carbons (Fsp3) is 0.250. The van der Waals surface area contributed by atoms with Crippen molar-refractivity contribution in [3.63, 3.8) is 0 Å². The molecule has 0 aromatic carbocycles. The second-order valence-electron chi connectivity index (χ2n) is 2.57. The molecule has 0 radical (unpaired) electrons. The molecule has 3 nitrogen and oxygen atoms in total. The summed E-state index contributed by atoms with van der Waals surface area (Å²) in [6.45, 7) is 0. The lowest BCUT2D eigenvalue weighted by Gasteiger charge is -2.09. The van der Waals surface area contributed by atoms with E-state index in [4.69, 9.17) is 0 Å². The lowest BCUT2D eigenvalue weighted by Crippen LogP contribution is -2.21. The van der Waals surface area contributed by atoms with Gasteiger partial charge in [0.05, 0.1) is 0 Å². The van der Waals surface area contributed by atoms with Crippen LogP contribution < -0.4 is 0 Å². The Bertz CT molecular complexity index is 299. The van der Waals surface area contributed by atoms with Crippen molar-refractivity contribution in [3.8, 4) is 0 Å². The summed E-state index contributed by atoms with van der Waals surface area (Å²) >= 11 is 0. The van der Waals surface area contributed by atoms with Crippen molar-refractivity contribution in [1.82, 2.24) is 9.88 Å². The first-order chi connectivity index (χ1) is 5.61. The van der Waals surface area contributed by atoms with Crippen LogP contribution in [-0.4, -0.2) is 29.9 Å². The molecule has 0 spiro atoms. The number of carbonyl (C=O) groups excluding carboxylic acids is 1. The number of carbonyl (C=O) groups is 1. The number of rotatable bonds is 1. The first kappa shape index (κ1) is 8.64. The molecule has 12 heavy (non-hydrogen) atoms. The smallest absolute Gasteiger partial charge is 0.253 e. The average Bonchev–Trinajstić information content (AvgIpc) is 2.03. The monoisotopic (exact) mass is 168 g/mol. The molecule has 1 amide bonds. The van der Waals surface area contributed by atoms with Gasteiger partial charge in [-0.25, -0.2) is 4.98 Å². The summed E-state index contributed by atoms with van der Waals surface area (Å²) in [5.74, 6) is -0.862. The lowest BCUT2D eigenvalue weighted by molar-refractivity contribution is 0.0827. The minimum Gasteiger partial charge on any atom is -0.345 e. The van der Waals surface area contributed by atoms with Gasteiger partial charge in [0, 0.05) is 31.9 Å². The fourth-order valence-electron chi connectivity index (χ4n) is 0.794. The predicted molar refractivity (Wildman–Crippen MR) is 42.2 cm³/mol. The first-order valence-corrected chi connectivity index (χ1v) is 3.44. The van der Waals surface area contributed by atoms with Gasteiger partial charge in [0.1, 0.15) is 0 Å². The number of nitrogens with zero attached hydrogens (tertiary/aromatic N) is 2. The van der Waals surface area contributed by atoms with E-state index in [-0.39, 0.29) is 5.91 Å². The summed E-state index contributed by atoms with van der Waals surface area (Å²) in [7, 11) is 3.22. The van der Waals surface area contributed by atoms with Crippen LogP contribution in [0.5, 0.6) is 0 Å². The van der Waals surface area contributed by atoms with Gasteiger partial charge in [0.2, 0.25) is 5.95 Å². The number of pyridine rings is 1. The Morgan fingerprint density at radius 1 is 1.58 bits per heavy atom. The molecule has 1 heterocycles. The Balaban J connectivity index is 2.96. The topological polar surface area (TPSA) is 33.2 Å². The molecule has 0 unspecified atom stereocenters. The molecular weight excluding hydrogens is 159 g/mol. The van der Waals surface area contributed by atoms with Crippen LogP contribution in [0.15, 0.2) is 18.3 Å². The highest BCUT2D eigenvalue weighted by atomic mass is 19.1. The zero-order valence-corrected chi connectivity index (χ0v) is 6.91. The van der Waals surface area contributed by atoms with E-state index in [2.05, 4.69) is 4.98 Å². The van der Waals surface area contributed by atoms with Crippen LogP contribution in [0.2, 0.25) is 0 Å². The molecule has 64 valence electrons. The fourth-order valence-corrected chi connectivity index (χ4v) is 0.794. The van der Waals surface area contributed by atoms with Crippen molar-refractivity contribution in [2.45, 2.75) is 0 Å². The van der Waals surface area contributed by atoms with Crippen LogP contribution in [-0.2, 0) is 0 Å². The van der Waals surface area contributed by atoms with Crippen LogP contribution in [0.3, 0.4) is 0 Å². The van der Waals surface area contributed by atoms with Crippen molar-refractivity contribution < 1.29 is 9.18 Å². The highest BCUT2D eigenvalue weighted by molar-refractivity contribution is 5.93. The summed E-state index contributed by atoms with van der Waals surface area (Å²) in [4.78, 5) is 16.0. The maximum atomic E-state index is 12.5. The minimum atomic E-state index is -0.636. The Hall–Kier alpha value is -1.45. The summed E-state index contributed by atoms with van der Waals surface area (Å²) in [5.41, 5.74) is 0.313. The quantitative estimate of drug-likeness (QED) is 0.584. The second kappa shape index (κ2) is 3.30. The maximum Gasteiger partial charge on any atom is 0.253 e. The summed E-state index contributed by atoms with van der Waals surface area (Å²) in [6, 6.07) is 2.59. The van der Waals surface area contributed by atoms with Crippen LogP contribution >= 0.6 is 0 Å². The van der Waals surface area contributed by atoms with E-state index in [1.54, 1.807) is 14.1 Å². The third-order valence-electron chi connectivity index (χ3n) is 1.38. The van der Waals surface area contributed by atoms with Gasteiger partial charge < -0.3 is 4.90 Å². The summed E-state index contributed by atoms with van der Waals surface area (Å²) < 4.78 is 12.5. The molecule has 0 bridgehead atoms. The standard InChI is InChI=1S/C8H9FN2O/c1-11(2)8(12)6-3-4-10-7(9)5-6/h3-5H,1-2H3. The zero-order valence-electron chi connectivity index (χ0n) is 6.91. The number of aromatic nitrogens is 1. The molecule has 0 saturated carbocycles. The lowest BCUT2D eigenvalue weighted by atomic mass is 10.2. The van der Waals surface area contributed by atoms with Crippen LogP contribution in [0.1, 0.15) is 10.4 Å². The second-order valence-corrected chi connectivity index (χ2v) is 2.57. The number of hydrogen-bond donors (Lipinski definition) is 0. The van der Waals surface area contributed by atoms with Crippen LogP contribution in [0.4, 0.5) is 4.39 Å². The average molecular weight is 168 g/mol. The van der Waals surface area contributed by atoms with E-state index < -0.39 is 5.95 Å². The van der Waals surface area contributed by atoms with E-state index >= 15 is 0 Å². The number of halogens is 1. The van der Waals surface area contributed by atoms with Crippen molar-refractivity contribution in [2.24, 2.45) is 0 Å². The Morgan fingerprint density at radius 3 is 2.75 bits per heavy atom. The van der Waals surface area contributed by atoms with Crippen LogP contribution in [0.25, 0.3) is 0 Å². The SMILES string of the molecule is CN(C)C(=O)c1ccnc(F)c1. The highest BCUT2D eigenvalue weighted by Gasteiger charge is 2.07. The van der Waals surface area contributed by atoms with Gasteiger partial charge in [-0.2, -0.15) is 4.39 Å². The van der Waals surface area contributed by atoms with E-state index in [1.165, 1.54) is 17.2 Å². The molecule has 1 aromatic heterocycles. The van der Waals surface area contributed by atoms with Crippen molar-refractivity contribution >= 4 is 5.91 Å². The third-order valence-corrected chi connectivity index (χ3v) is 1.38. The molecule has 1 rings (SSSR count). The number of hydrogen-bond acceptors (Lipinski definition) is 2. The van der Waals surface area contributed by atoms with Gasteiger partial charge in [-0.15, -0.1) is 0 Å². The zero-order chi connectivity index (χ0) is 9.14. The van der Waals surface area contributed by atoms with Crippen LogP contribution in [0, 0.1) is 5.95 Å². The summed E-state index contributed by atoms with van der Waals surface area (Å²) in [6.07, 6.45) is 1.27. The molecule has 1 aromatic rings. The largest absolute Gasteiger partial charge is 0.345 e. The van der Waals surface area contributed by atoms with E-state index in [0.29, 0.717) is 5.56 Å². The molecule has 0 aliphatic carbocycles. The molecule has 0 saturated heterocycles. The highest BCUT2D eigenvalue weighted by Crippen LogP contribution is 2.02. The van der Waals surface area contributed by atoms with Gasteiger partial charge >= 0.3 is 0 Å². The van der Waals surface area contributed by atoms with Crippen molar-refractivity contribution in [3.05, 3.63) is 29.8 Å². The normalized spacial score (nSPS) is 9.58. The van der Waals surface area contributed by atoms with E-state index in [9.17, 15) is 9.18 Å². The van der Waals surface area contributed by atoms with E-state index in [0.717, 1.165) is 6.07 Å². The van der Waals surface area contributed by atoms with Gasteiger partial charge in [0.25, 0.3) is 5.91 Å². The minimum absolute atomic E-state index is 0.226. The Labute approximate surface area is 69.8 Å². The molecule has 0 aliphatic heterocycles. The molecule has 0 atom stereocenters. The Kier molecular flexibility index (Phi) is 2.38. The summed E-state index contributed by atoms with van der Waals surface area (Å²) in [5, 5.41) is 0. The molecule has 0 N–H and O–H groups in total. The maximum absolute atomic E-state index is 12.5. The predicted octanol–water partition coefficient (Wildman–Crippen LogP) is 0.923. The van der Waals surface area contributed by atoms with Crippen molar-refractivity contribution in [2.75, 3.05) is 14.1 Å². The van der Waals surface area contributed by atoms with Gasteiger partial charge in [-0.05, 0) is 6.07 Å². The van der Waals surface area contributed by atoms with Gasteiger partial charge in [-0.1, -0.05) is 0 Å². The Morgan fingerprint density at radius 2 is 2.25 bits per heavy atom. The van der Waals surface area contributed by atoms with Gasteiger partial charge in [-0.3, -0.25) is 4.79 Å². The van der Waals surface area contributed by atoms with Crippen molar-refractivity contribution in [1.29, 1.82) is 0 Å².